The second-order valence-electron chi connectivity index (χ2n) is 6.89. The van der Waals surface area contributed by atoms with Gasteiger partial charge < -0.3 is 9.64 Å². The molecule has 0 N–H and O–H groups in total. The molecular weight excluding hydrogens is 416 g/mol. The van der Waals surface area contributed by atoms with E-state index in [9.17, 15) is 8.42 Å². The van der Waals surface area contributed by atoms with Crippen LogP contribution in [0.25, 0.3) is 0 Å². The maximum atomic E-state index is 12.1. The van der Waals surface area contributed by atoms with E-state index in [4.69, 9.17) is 21.3 Å². The second-order valence-corrected chi connectivity index (χ2v) is 10.5. The van der Waals surface area contributed by atoms with Crippen LogP contribution in [0.15, 0.2) is 59.6 Å². The van der Waals surface area contributed by atoms with Gasteiger partial charge in [0, 0.05) is 17.3 Å². The highest BCUT2D eigenvalue weighted by Gasteiger charge is 2.46. The first-order valence-corrected chi connectivity index (χ1v) is 12.3. The van der Waals surface area contributed by atoms with E-state index < -0.39 is 9.84 Å². The minimum atomic E-state index is -3.03. The molecule has 2 aromatic carbocycles. The topological polar surface area (TPSA) is 59.0 Å². The standard InChI is InChI=1S/C20H21ClN2O3S2/c21-16-8-6-15(7-9-16)12-23-19-14-28(24,25)13-18(19)22-20(23)27-11-10-26-17-4-2-1-3-5-17/h1-9,18-19H,10-14H2/t18-,19+/m1/s1. The molecule has 2 atom stereocenters. The van der Waals surface area contributed by atoms with E-state index in [0.29, 0.717) is 18.2 Å². The molecule has 2 aliphatic heterocycles. The predicted molar refractivity (Wildman–Crippen MR) is 115 cm³/mol. The summed E-state index contributed by atoms with van der Waals surface area (Å²) in [6.45, 7) is 1.19. The third-order valence-corrected chi connectivity index (χ3v) is 7.73. The molecule has 0 radical (unpaired) electrons. The van der Waals surface area contributed by atoms with E-state index in [1.165, 1.54) is 0 Å². The lowest BCUT2D eigenvalue weighted by Crippen LogP contribution is -2.38. The van der Waals surface area contributed by atoms with Crippen LogP contribution in [-0.2, 0) is 16.4 Å². The molecule has 0 unspecified atom stereocenters. The summed E-state index contributed by atoms with van der Waals surface area (Å²) < 4.78 is 29.9. The van der Waals surface area contributed by atoms with E-state index in [1.807, 2.05) is 54.6 Å². The fourth-order valence-electron chi connectivity index (χ4n) is 3.49. The molecule has 2 aliphatic rings. The van der Waals surface area contributed by atoms with E-state index >= 15 is 0 Å². The molecule has 0 amide bonds. The Kier molecular flexibility index (Phi) is 5.85. The number of thioether (sulfide) groups is 1. The molecule has 28 heavy (non-hydrogen) atoms. The smallest absolute Gasteiger partial charge is 0.160 e. The average Bonchev–Trinajstić information content (AvgIpc) is 3.14. The normalized spacial score (nSPS) is 22.8. The number of rotatable bonds is 6. The largest absolute Gasteiger partial charge is 0.493 e. The highest BCUT2D eigenvalue weighted by molar-refractivity contribution is 8.13. The van der Waals surface area contributed by atoms with Crippen LogP contribution in [0.4, 0.5) is 0 Å². The van der Waals surface area contributed by atoms with Crippen molar-refractivity contribution in [2.24, 2.45) is 4.99 Å². The summed E-state index contributed by atoms with van der Waals surface area (Å²) in [4.78, 5) is 6.86. The van der Waals surface area contributed by atoms with Crippen molar-refractivity contribution in [2.75, 3.05) is 23.9 Å². The first-order chi connectivity index (χ1) is 13.5. The average molecular weight is 437 g/mol. The number of hydrogen-bond acceptors (Lipinski definition) is 6. The first kappa shape index (κ1) is 19.6. The maximum absolute atomic E-state index is 12.1. The number of para-hydroxylation sites is 1. The van der Waals surface area contributed by atoms with E-state index in [-0.39, 0.29) is 23.6 Å². The number of benzene rings is 2. The number of fused-ring (bicyclic) bond motifs is 1. The fourth-order valence-corrected chi connectivity index (χ4v) is 6.42. The van der Waals surface area contributed by atoms with Crippen LogP contribution in [0, 0.1) is 0 Å². The van der Waals surface area contributed by atoms with Crippen molar-refractivity contribution in [1.82, 2.24) is 4.90 Å². The van der Waals surface area contributed by atoms with Crippen LogP contribution >= 0.6 is 23.4 Å². The van der Waals surface area contributed by atoms with Gasteiger partial charge in [0.05, 0.1) is 30.2 Å². The van der Waals surface area contributed by atoms with Gasteiger partial charge in [0.25, 0.3) is 0 Å². The fraction of sp³-hybridized carbons (Fsp3) is 0.350. The Balaban J connectivity index is 1.42. The number of nitrogens with zero attached hydrogens (tertiary/aromatic N) is 2. The van der Waals surface area contributed by atoms with Gasteiger partial charge in [-0.25, -0.2) is 8.42 Å². The molecule has 0 aromatic heterocycles. The number of amidine groups is 1. The lowest BCUT2D eigenvalue weighted by atomic mass is 10.1. The highest BCUT2D eigenvalue weighted by Crippen LogP contribution is 2.32. The highest BCUT2D eigenvalue weighted by atomic mass is 35.5. The van der Waals surface area contributed by atoms with Crippen molar-refractivity contribution in [3.05, 3.63) is 65.2 Å². The molecule has 0 spiro atoms. The molecule has 0 aliphatic carbocycles. The first-order valence-electron chi connectivity index (χ1n) is 9.10. The molecular formula is C20H21ClN2O3S2. The molecule has 0 bridgehead atoms. The Morgan fingerprint density at radius 2 is 1.86 bits per heavy atom. The van der Waals surface area contributed by atoms with Gasteiger partial charge in [0.1, 0.15) is 5.75 Å². The van der Waals surface area contributed by atoms with Crippen molar-refractivity contribution < 1.29 is 13.2 Å². The third kappa shape index (κ3) is 4.64. The zero-order valence-electron chi connectivity index (χ0n) is 15.2. The van der Waals surface area contributed by atoms with Gasteiger partial charge in [-0.3, -0.25) is 4.99 Å². The van der Waals surface area contributed by atoms with Crippen molar-refractivity contribution in [3.8, 4) is 5.75 Å². The van der Waals surface area contributed by atoms with Crippen molar-refractivity contribution >= 4 is 38.4 Å². The van der Waals surface area contributed by atoms with Crippen LogP contribution in [0.3, 0.4) is 0 Å². The van der Waals surface area contributed by atoms with Gasteiger partial charge >= 0.3 is 0 Å². The number of ether oxygens (including phenoxy) is 1. The summed E-state index contributed by atoms with van der Waals surface area (Å²) >= 11 is 7.60. The molecule has 2 heterocycles. The Labute approximate surface area is 174 Å². The Hall–Kier alpha value is -1.70. The molecule has 148 valence electrons. The molecule has 5 nitrogen and oxygen atoms in total. The van der Waals surface area contributed by atoms with Gasteiger partial charge in [-0.05, 0) is 29.8 Å². The lowest BCUT2D eigenvalue weighted by molar-refractivity contribution is 0.340. The van der Waals surface area contributed by atoms with Gasteiger partial charge in [-0.1, -0.05) is 53.7 Å². The number of sulfone groups is 1. The molecule has 0 saturated carbocycles. The van der Waals surface area contributed by atoms with Gasteiger partial charge in [0.2, 0.25) is 0 Å². The number of aliphatic imine (C=N–C) groups is 1. The Morgan fingerprint density at radius 3 is 2.61 bits per heavy atom. The monoisotopic (exact) mass is 436 g/mol. The quantitative estimate of drug-likeness (QED) is 0.649. The minimum Gasteiger partial charge on any atom is -0.493 e. The summed E-state index contributed by atoms with van der Waals surface area (Å²) in [5.41, 5.74) is 1.09. The number of halogens is 1. The lowest BCUT2D eigenvalue weighted by Gasteiger charge is -2.26. The second kappa shape index (κ2) is 8.35. The minimum absolute atomic E-state index is 0.0850. The van der Waals surface area contributed by atoms with E-state index in [2.05, 4.69) is 4.90 Å². The molecule has 4 rings (SSSR count). The van der Waals surface area contributed by atoms with Gasteiger partial charge in [-0.15, -0.1) is 0 Å². The Bertz CT molecular complexity index is 949. The van der Waals surface area contributed by atoms with E-state index in [1.54, 1.807) is 11.8 Å². The Morgan fingerprint density at radius 1 is 1.11 bits per heavy atom. The van der Waals surface area contributed by atoms with Crippen molar-refractivity contribution in [2.45, 2.75) is 18.6 Å². The zero-order valence-corrected chi connectivity index (χ0v) is 17.6. The summed E-state index contributed by atoms with van der Waals surface area (Å²) in [5.74, 6) is 1.90. The zero-order chi connectivity index (χ0) is 19.6. The maximum Gasteiger partial charge on any atom is 0.160 e. The van der Waals surface area contributed by atoms with Crippen LogP contribution < -0.4 is 4.74 Å². The summed E-state index contributed by atoms with van der Waals surface area (Å²) in [6, 6.07) is 17.1. The summed E-state index contributed by atoms with van der Waals surface area (Å²) in [5, 5.41) is 1.59. The van der Waals surface area contributed by atoms with Gasteiger partial charge in [0.15, 0.2) is 15.0 Å². The van der Waals surface area contributed by atoms with Gasteiger partial charge in [-0.2, -0.15) is 0 Å². The molecule has 2 aromatic rings. The molecule has 1 saturated heterocycles. The van der Waals surface area contributed by atoms with Crippen molar-refractivity contribution in [1.29, 1.82) is 0 Å². The van der Waals surface area contributed by atoms with Crippen LogP contribution in [0.5, 0.6) is 5.75 Å². The van der Waals surface area contributed by atoms with Crippen molar-refractivity contribution in [3.63, 3.8) is 0 Å². The molecule has 1 fully saturated rings. The van der Waals surface area contributed by atoms with Crippen LogP contribution in [0.1, 0.15) is 5.56 Å². The van der Waals surface area contributed by atoms with E-state index in [0.717, 1.165) is 22.2 Å². The third-order valence-electron chi connectivity index (χ3n) is 4.81. The summed E-state index contributed by atoms with van der Waals surface area (Å²) in [7, 11) is -3.03. The molecule has 8 heteroatoms. The van der Waals surface area contributed by atoms with Crippen LogP contribution in [0.2, 0.25) is 5.02 Å². The summed E-state index contributed by atoms with van der Waals surface area (Å²) in [6.07, 6.45) is 0. The number of hydrogen-bond donors (Lipinski definition) is 0. The predicted octanol–water partition coefficient (Wildman–Crippen LogP) is 3.49. The van der Waals surface area contributed by atoms with Crippen LogP contribution in [-0.4, -0.2) is 54.4 Å². The SMILES string of the molecule is O=S1(=O)C[C@H]2N=C(SCCOc3ccccc3)N(Cc3ccc(Cl)cc3)[C@H]2C1.